The number of halogens is 1. The monoisotopic (exact) mass is 333 g/mol. The van der Waals surface area contributed by atoms with Crippen molar-refractivity contribution in [3.8, 4) is 5.69 Å². The number of carbonyl (C=O) groups excluding carboxylic acids is 1. The number of carboxylic acid groups (broad SMARTS) is 1. The molecule has 2 rings (SSSR count). The Labute approximate surface area is 136 Å². The van der Waals surface area contributed by atoms with Gasteiger partial charge in [0.25, 0.3) is 11.5 Å². The summed E-state index contributed by atoms with van der Waals surface area (Å²) in [5.41, 5.74) is -0.130. The molecular weight excluding hydrogens is 317 g/mol. The van der Waals surface area contributed by atoms with Crippen LogP contribution in [-0.4, -0.2) is 33.3 Å². The first-order valence-electron chi connectivity index (χ1n) is 7.23. The SMILES string of the molecule is CC(CNC(=O)c1ccc(=O)n(-c2ccc(F)cc2)n1)CC(=O)O. The molecule has 1 aromatic heterocycles. The number of nitrogens with zero attached hydrogens (tertiary/aromatic N) is 2. The summed E-state index contributed by atoms with van der Waals surface area (Å²) in [6.07, 6.45) is -0.0667. The molecule has 0 aliphatic carbocycles. The lowest BCUT2D eigenvalue weighted by Crippen LogP contribution is -2.32. The maximum atomic E-state index is 13.0. The van der Waals surface area contributed by atoms with Gasteiger partial charge < -0.3 is 10.4 Å². The first-order chi connectivity index (χ1) is 11.4. The maximum Gasteiger partial charge on any atom is 0.303 e. The molecule has 0 fully saturated rings. The van der Waals surface area contributed by atoms with Gasteiger partial charge in [0.1, 0.15) is 11.5 Å². The zero-order valence-electron chi connectivity index (χ0n) is 12.9. The Balaban J connectivity index is 2.15. The Morgan fingerprint density at radius 3 is 2.54 bits per heavy atom. The number of amides is 1. The molecule has 126 valence electrons. The van der Waals surface area contributed by atoms with Crippen molar-refractivity contribution >= 4 is 11.9 Å². The molecule has 1 aromatic carbocycles. The highest BCUT2D eigenvalue weighted by Crippen LogP contribution is 2.06. The summed E-state index contributed by atoms with van der Waals surface area (Å²) in [6.45, 7) is 1.86. The van der Waals surface area contributed by atoms with Gasteiger partial charge in [-0.1, -0.05) is 6.92 Å². The Bertz CT molecular complexity index is 802. The van der Waals surface area contributed by atoms with Crippen LogP contribution in [0.25, 0.3) is 5.69 Å². The van der Waals surface area contributed by atoms with Crippen molar-refractivity contribution in [1.82, 2.24) is 15.1 Å². The molecule has 0 saturated heterocycles. The lowest BCUT2D eigenvalue weighted by molar-refractivity contribution is -0.137. The zero-order valence-corrected chi connectivity index (χ0v) is 12.9. The summed E-state index contributed by atoms with van der Waals surface area (Å²) in [5.74, 6) is -2.16. The minimum absolute atomic E-state index is 0.00134. The van der Waals surface area contributed by atoms with Gasteiger partial charge >= 0.3 is 5.97 Å². The molecular formula is C16H16FN3O4. The van der Waals surface area contributed by atoms with Gasteiger partial charge in [0.15, 0.2) is 0 Å². The molecule has 8 heteroatoms. The van der Waals surface area contributed by atoms with Gasteiger partial charge in [-0.05, 0) is 36.2 Å². The van der Waals surface area contributed by atoms with E-state index in [1.165, 1.54) is 36.4 Å². The Kier molecular flexibility index (Phi) is 5.41. The molecule has 2 aromatic rings. The number of aliphatic carboxylic acids is 1. The Morgan fingerprint density at radius 2 is 1.92 bits per heavy atom. The van der Waals surface area contributed by atoms with Crippen LogP contribution in [0.15, 0.2) is 41.2 Å². The van der Waals surface area contributed by atoms with E-state index in [9.17, 15) is 18.8 Å². The number of carboxylic acids is 1. The summed E-state index contributed by atoms with van der Waals surface area (Å²) in [6, 6.07) is 7.58. The lowest BCUT2D eigenvalue weighted by Gasteiger charge is -2.11. The minimum atomic E-state index is -0.945. The summed E-state index contributed by atoms with van der Waals surface area (Å²) in [7, 11) is 0. The number of aromatic nitrogens is 2. The van der Waals surface area contributed by atoms with Gasteiger partial charge in [0.05, 0.1) is 5.69 Å². The predicted molar refractivity (Wildman–Crippen MR) is 83.5 cm³/mol. The number of nitrogens with one attached hydrogen (secondary N) is 1. The van der Waals surface area contributed by atoms with Crippen LogP contribution in [0.5, 0.6) is 0 Å². The van der Waals surface area contributed by atoms with Crippen molar-refractivity contribution in [2.24, 2.45) is 5.92 Å². The van der Waals surface area contributed by atoms with Gasteiger partial charge in [-0.2, -0.15) is 9.78 Å². The van der Waals surface area contributed by atoms with Crippen molar-refractivity contribution in [3.05, 3.63) is 58.3 Å². The number of rotatable bonds is 6. The Hall–Kier alpha value is -3.03. The summed E-state index contributed by atoms with van der Waals surface area (Å²) >= 11 is 0. The van der Waals surface area contributed by atoms with Crippen molar-refractivity contribution in [1.29, 1.82) is 0 Å². The van der Waals surface area contributed by atoms with E-state index in [1.54, 1.807) is 6.92 Å². The summed E-state index contributed by atoms with van der Waals surface area (Å²) in [5, 5.41) is 15.2. The normalized spacial score (nSPS) is 11.8. The van der Waals surface area contributed by atoms with Gasteiger partial charge in [-0.25, -0.2) is 4.39 Å². The molecule has 0 aliphatic rings. The van der Waals surface area contributed by atoms with Crippen LogP contribution in [0.1, 0.15) is 23.8 Å². The maximum absolute atomic E-state index is 13.0. The molecule has 1 atom stereocenters. The quantitative estimate of drug-likeness (QED) is 0.827. The summed E-state index contributed by atoms with van der Waals surface area (Å²) in [4.78, 5) is 34.6. The highest BCUT2D eigenvalue weighted by Gasteiger charge is 2.13. The topological polar surface area (TPSA) is 101 Å². The number of hydrogen-bond acceptors (Lipinski definition) is 4. The third-order valence-corrected chi connectivity index (χ3v) is 3.24. The fourth-order valence-corrected chi connectivity index (χ4v) is 2.03. The molecule has 24 heavy (non-hydrogen) atoms. The largest absolute Gasteiger partial charge is 0.481 e. The van der Waals surface area contributed by atoms with E-state index in [4.69, 9.17) is 5.11 Å². The van der Waals surface area contributed by atoms with Crippen LogP contribution in [-0.2, 0) is 4.79 Å². The number of hydrogen-bond donors (Lipinski definition) is 2. The second-order valence-electron chi connectivity index (χ2n) is 5.36. The fraction of sp³-hybridized carbons (Fsp3) is 0.250. The summed E-state index contributed by atoms with van der Waals surface area (Å²) < 4.78 is 14.0. The van der Waals surface area contributed by atoms with E-state index in [2.05, 4.69) is 10.4 Å². The molecule has 0 radical (unpaired) electrons. The van der Waals surface area contributed by atoms with Crippen LogP contribution in [0.2, 0.25) is 0 Å². The molecule has 1 unspecified atom stereocenters. The van der Waals surface area contributed by atoms with E-state index in [-0.39, 0.29) is 24.6 Å². The van der Waals surface area contributed by atoms with Crippen molar-refractivity contribution in [3.63, 3.8) is 0 Å². The van der Waals surface area contributed by atoms with Gasteiger partial charge in [-0.3, -0.25) is 14.4 Å². The fourth-order valence-electron chi connectivity index (χ4n) is 2.03. The molecule has 1 heterocycles. The lowest BCUT2D eigenvalue weighted by atomic mass is 10.1. The van der Waals surface area contributed by atoms with Crippen LogP contribution in [0, 0.1) is 11.7 Å². The minimum Gasteiger partial charge on any atom is -0.481 e. The number of benzene rings is 1. The molecule has 0 saturated carbocycles. The van der Waals surface area contributed by atoms with Crippen LogP contribution in [0.3, 0.4) is 0 Å². The molecule has 0 bridgehead atoms. The average molecular weight is 333 g/mol. The van der Waals surface area contributed by atoms with E-state index < -0.39 is 23.3 Å². The van der Waals surface area contributed by atoms with Crippen molar-refractivity contribution in [2.45, 2.75) is 13.3 Å². The van der Waals surface area contributed by atoms with E-state index >= 15 is 0 Å². The Morgan fingerprint density at radius 1 is 1.25 bits per heavy atom. The third kappa shape index (κ3) is 4.48. The molecule has 2 N–H and O–H groups in total. The average Bonchev–Trinajstić information content (AvgIpc) is 2.53. The molecule has 0 spiro atoms. The molecule has 1 amide bonds. The van der Waals surface area contributed by atoms with Crippen molar-refractivity contribution in [2.75, 3.05) is 6.54 Å². The van der Waals surface area contributed by atoms with Crippen LogP contribution in [0.4, 0.5) is 4.39 Å². The van der Waals surface area contributed by atoms with Crippen LogP contribution >= 0.6 is 0 Å². The second-order valence-corrected chi connectivity index (χ2v) is 5.36. The van der Waals surface area contributed by atoms with Gasteiger partial charge in [-0.15, -0.1) is 0 Å². The van der Waals surface area contributed by atoms with Crippen LogP contribution < -0.4 is 10.9 Å². The predicted octanol–water partition coefficient (Wildman–Crippen LogP) is 1.21. The first-order valence-corrected chi connectivity index (χ1v) is 7.23. The van der Waals surface area contributed by atoms with E-state index in [0.29, 0.717) is 5.69 Å². The zero-order chi connectivity index (χ0) is 17.7. The number of carbonyl (C=O) groups is 2. The van der Waals surface area contributed by atoms with E-state index in [1.807, 2.05) is 0 Å². The molecule has 0 aliphatic heterocycles. The second kappa shape index (κ2) is 7.49. The smallest absolute Gasteiger partial charge is 0.303 e. The van der Waals surface area contributed by atoms with Crippen molar-refractivity contribution < 1.29 is 19.1 Å². The standard InChI is InChI=1S/C16H16FN3O4/c1-10(8-15(22)23)9-18-16(24)13-6-7-14(21)20(19-13)12-4-2-11(17)3-5-12/h2-7,10H,8-9H2,1H3,(H,18,24)(H,22,23). The van der Waals surface area contributed by atoms with Gasteiger partial charge in [0.2, 0.25) is 0 Å². The first kappa shape index (κ1) is 17.3. The highest BCUT2D eigenvalue weighted by atomic mass is 19.1. The van der Waals surface area contributed by atoms with Gasteiger partial charge in [0, 0.05) is 19.0 Å². The third-order valence-electron chi connectivity index (χ3n) is 3.24. The molecule has 7 nitrogen and oxygen atoms in total. The van der Waals surface area contributed by atoms with E-state index in [0.717, 1.165) is 4.68 Å². The highest BCUT2D eigenvalue weighted by molar-refractivity contribution is 5.92.